The van der Waals surface area contributed by atoms with Gasteiger partial charge in [-0.05, 0) is 54.3 Å². The number of piperazine rings is 1. The molecule has 0 unspecified atom stereocenters. The lowest BCUT2D eigenvalue weighted by atomic mass is 10.00. The van der Waals surface area contributed by atoms with Gasteiger partial charge in [-0.1, -0.05) is 6.07 Å². The van der Waals surface area contributed by atoms with Gasteiger partial charge >= 0.3 is 0 Å². The van der Waals surface area contributed by atoms with Crippen LogP contribution >= 0.6 is 0 Å². The minimum Gasteiger partial charge on any atom is -0.312 e. The first-order chi connectivity index (χ1) is 15.2. The quantitative estimate of drug-likeness (QED) is 0.660. The highest BCUT2D eigenvalue weighted by atomic mass is 32.2. The number of hydrogen-bond acceptors (Lipinski definition) is 5. The molecular weight excluding hydrogens is 457 g/mol. The summed E-state index contributed by atoms with van der Waals surface area (Å²) in [4.78, 5) is 13.9. The molecule has 3 heterocycles. The average Bonchev–Trinajstić information content (AvgIpc) is 3.22. The van der Waals surface area contributed by atoms with Crippen LogP contribution in [0, 0.1) is 5.82 Å². The van der Waals surface area contributed by atoms with Crippen LogP contribution in [-0.2, 0) is 37.7 Å². The minimum absolute atomic E-state index is 0.00785. The smallest absolute Gasteiger partial charge is 0.243 e. The molecule has 3 aliphatic heterocycles. The molecule has 1 fully saturated rings. The van der Waals surface area contributed by atoms with Gasteiger partial charge in [0.05, 0.1) is 15.5 Å². The first-order valence-corrected chi connectivity index (χ1v) is 13.3. The van der Waals surface area contributed by atoms with E-state index in [-0.39, 0.29) is 41.9 Å². The molecule has 0 radical (unpaired) electrons. The zero-order valence-electron chi connectivity index (χ0n) is 17.2. The van der Waals surface area contributed by atoms with Gasteiger partial charge in [-0.25, -0.2) is 21.2 Å². The number of amides is 1. The number of rotatable bonds is 4. The fraction of sp³-hybridized carbons (Fsp3) is 0.381. The Morgan fingerprint density at radius 3 is 1.94 bits per heavy atom. The van der Waals surface area contributed by atoms with Crippen molar-refractivity contribution in [1.29, 1.82) is 0 Å². The Morgan fingerprint density at radius 2 is 1.31 bits per heavy atom. The molecule has 8 nitrogen and oxygen atoms in total. The third kappa shape index (κ3) is 3.43. The van der Waals surface area contributed by atoms with E-state index in [9.17, 15) is 26.0 Å². The highest BCUT2D eigenvalue weighted by Crippen LogP contribution is 2.39. The highest BCUT2D eigenvalue weighted by Gasteiger charge is 2.37. The Labute approximate surface area is 186 Å². The molecule has 1 saturated heterocycles. The second-order valence-corrected chi connectivity index (χ2v) is 12.0. The molecule has 1 amide bonds. The van der Waals surface area contributed by atoms with Gasteiger partial charge in [-0.2, -0.15) is 8.61 Å². The Kier molecular flexibility index (Phi) is 5.12. The van der Waals surface area contributed by atoms with E-state index in [2.05, 4.69) is 0 Å². The maximum Gasteiger partial charge on any atom is 0.243 e. The molecule has 0 aromatic heterocycles. The Bertz CT molecular complexity index is 1320. The maximum absolute atomic E-state index is 13.5. The number of carbonyl (C=O) groups excluding carboxylic acids is 1. The van der Waals surface area contributed by atoms with E-state index in [0.29, 0.717) is 25.8 Å². The lowest BCUT2D eigenvalue weighted by Crippen LogP contribution is -2.50. The van der Waals surface area contributed by atoms with E-state index in [1.165, 1.54) is 26.8 Å². The van der Waals surface area contributed by atoms with E-state index in [4.69, 9.17) is 0 Å². The Balaban J connectivity index is 1.37. The van der Waals surface area contributed by atoms with Crippen molar-refractivity contribution in [1.82, 2.24) is 8.61 Å². The van der Waals surface area contributed by atoms with Gasteiger partial charge in [0.1, 0.15) is 5.82 Å². The normalized spacial score (nSPS) is 19.9. The number of nitrogens with zero attached hydrogens (tertiary/aromatic N) is 3. The lowest BCUT2D eigenvalue weighted by molar-refractivity contribution is -0.118. The highest BCUT2D eigenvalue weighted by molar-refractivity contribution is 7.89. The summed E-state index contributed by atoms with van der Waals surface area (Å²) in [6.07, 6.45) is 1.50. The molecule has 0 atom stereocenters. The summed E-state index contributed by atoms with van der Waals surface area (Å²) < 4.78 is 68.2. The number of hydrogen-bond donors (Lipinski definition) is 0. The van der Waals surface area contributed by atoms with Crippen molar-refractivity contribution in [3.05, 3.63) is 53.3 Å². The summed E-state index contributed by atoms with van der Waals surface area (Å²) in [5.74, 6) is -0.574. The number of sulfonamides is 2. The number of carbonyl (C=O) groups is 1. The van der Waals surface area contributed by atoms with Crippen LogP contribution < -0.4 is 4.90 Å². The van der Waals surface area contributed by atoms with Crippen molar-refractivity contribution in [3.8, 4) is 0 Å². The predicted molar refractivity (Wildman–Crippen MR) is 115 cm³/mol. The summed E-state index contributed by atoms with van der Waals surface area (Å²) in [5.41, 5.74) is 2.58. The van der Waals surface area contributed by atoms with Crippen molar-refractivity contribution in [2.45, 2.75) is 29.1 Å². The molecule has 2 aromatic rings. The first-order valence-electron chi connectivity index (χ1n) is 10.4. The number of halogens is 1. The largest absolute Gasteiger partial charge is 0.312 e. The molecule has 3 aliphatic rings. The van der Waals surface area contributed by atoms with Crippen molar-refractivity contribution in [2.75, 3.05) is 37.6 Å². The fourth-order valence-electron chi connectivity index (χ4n) is 4.65. The van der Waals surface area contributed by atoms with Gasteiger partial charge < -0.3 is 4.90 Å². The molecule has 0 bridgehead atoms. The third-order valence-corrected chi connectivity index (χ3v) is 10.1. The standard InChI is InChI=1S/C21H22FN3O5S2/c22-17-2-1-3-18(14-17)31(27,28)23-8-10-24(11-9-23)32(29,30)19-12-15-4-5-20(26)25-7-6-16(13-19)21(15)25/h1-3,12-14H,4-11H2. The lowest BCUT2D eigenvalue weighted by Gasteiger charge is -2.33. The summed E-state index contributed by atoms with van der Waals surface area (Å²) in [5, 5.41) is 0. The molecule has 5 rings (SSSR count). The van der Waals surface area contributed by atoms with E-state index in [0.717, 1.165) is 22.9 Å². The van der Waals surface area contributed by atoms with Crippen LogP contribution in [0.15, 0.2) is 46.2 Å². The van der Waals surface area contributed by atoms with Crippen LogP contribution in [0.4, 0.5) is 10.1 Å². The van der Waals surface area contributed by atoms with Gasteiger partial charge in [0, 0.05) is 39.1 Å². The van der Waals surface area contributed by atoms with E-state index < -0.39 is 25.9 Å². The van der Waals surface area contributed by atoms with Crippen LogP contribution in [0.3, 0.4) is 0 Å². The number of aryl methyl sites for hydroxylation is 1. The maximum atomic E-state index is 13.5. The zero-order valence-corrected chi connectivity index (χ0v) is 18.8. The molecule has 0 saturated carbocycles. The minimum atomic E-state index is -3.91. The summed E-state index contributed by atoms with van der Waals surface area (Å²) in [6, 6.07) is 8.08. The van der Waals surface area contributed by atoms with Crippen LogP contribution in [0.5, 0.6) is 0 Å². The van der Waals surface area contributed by atoms with E-state index in [1.807, 2.05) is 0 Å². The van der Waals surface area contributed by atoms with E-state index >= 15 is 0 Å². The third-order valence-electron chi connectivity index (χ3n) is 6.29. The Morgan fingerprint density at radius 1 is 0.719 bits per heavy atom. The van der Waals surface area contributed by atoms with Crippen LogP contribution in [-0.4, -0.2) is 64.1 Å². The second kappa shape index (κ2) is 7.62. The van der Waals surface area contributed by atoms with Gasteiger partial charge in [0.25, 0.3) is 0 Å². The van der Waals surface area contributed by atoms with Crippen LogP contribution in [0.2, 0.25) is 0 Å². The number of benzene rings is 2. The van der Waals surface area contributed by atoms with Crippen molar-refractivity contribution in [3.63, 3.8) is 0 Å². The van der Waals surface area contributed by atoms with Crippen LogP contribution in [0.25, 0.3) is 0 Å². The summed E-state index contributed by atoms with van der Waals surface area (Å²) in [6.45, 7) is 0.555. The van der Waals surface area contributed by atoms with Crippen molar-refractivity contribution < 1.29 is 26.0 Å². The molecule has 170 valence electrons. The molecule has 0 spiro atoms. The second-order valence-electron chi connectivity index (χ2n) is 8.15. The molecule has 2 aromatic carbocycles. The summed E-state index contributed by atoms with van der Waals surface area (Å²) in [7, 11) is -7.72. The van der Waals surface area contributed by atoms with Gasteiger partial charge in [0.2, 0.25) is 26.0 Å². The Hall–Kier alpha value is -2.34. The first kappa shape index (κ1) is 21.5. The number of anilines is 1. The average molecular weight is 480 g/mol. The molecule has 0 N–H and O–H groups in total. The van der Waals surface area contributed by atoms with Crippen LogP contribution in [0.1, 0.15) is 17.5 Å². The van der Waals surface area contributed by atoms with Gasteiger partial charge in [-0.15, -0.1) is 0 Å². The molecule has 32 heavy (non-hydrogen) atoms. The monoisotopic (exact) mass is 479 g/mol. The molecular formula is C21H22FN3O5S2. The summed E-state index contributed by atoms with van der Waals surface area (Å²) >= 11 is 0. The van der Waals surface area contributed by atoms with Gasteiger partial charge in [0.15, 0.2) is 0 Å². The molecule has 0 aliphatic carbocycles. The predicted octanol–water partition coefficient (Wildman–Crippen LogP) is 1.36. The van der Waals surface area contributed by atoms with Gasteiger partial charge in [-0.3, -0.25) is 4.79 Å². The SMILES string of the molecule is O=C1CCc2cc(S(=O)(=O)N3CCN(S(=O)(=O)c4cccc(F)c4)CC3)cc3c2N1CC3. The molecule has 11 heteroatoms. The fourth-order valence-corrected chi connectivity index (χ4v) is 7.63. The van der Waals surface area contributed by atoms with Crippen molar-refractivity contribution >= 4 is 31.6 Å². The topological polar surface area (TPSA) is 95.1 Å². The van der Waals surface area contributed by atoms with E-state index in [1.54, 1.807) is 17.0 Å². The van der Waals surface area contributed by atoms with Crippen molar-refractivity contribution in [2.24, 2.45) is 0 Å². The zero-order chi connectivity index (χ0) is 22.7.